The largest absolute Gasteiger partial charge is 0.469 e. The van der Waals surface area contributed by atoms with Gasteiger partial charge in [0.1, 0.15) is 12.7 Å². The Kier molecular flexibility index (Phi) is 1.93. The highest BCUT2D eigenvalue weighted by atomic mass is 16.5. The summed E-state index contributed by atoms with van der Waals surface area (Å²) in [5.41, 5.74) is 1.46. The minimum Gasteiger partial charge on any atom is -0.469 e. The molecule has 0 spiro atoms. The monoisotopic (exact) mass is 214 g/mol. The lowest BCUT2D eigenvalue weighted by Gasteiger charge is -2.33. The molecule has 2 aliphatic rings. The minimum atomic E-state index is 0.0805. The molecule has 3 rings (SSSR count). The van der Waals surface area contributed by atoms with Crippen LogP contribution in [0.15, 0.2) is 12.3 Å². The molecule has 1 fully saturated rings. The summed E-state index contributed by atoms with van der Waals surface area (Å²) in [5, 5.41) is 8.83. The topological polar surface area (TPSA) is 63.0 Å². The van der Waals surface area contributed by atoms with Gasteiger partial charge in [0, 0.05) is 17.7 Å². The lowest BCUT2D eigenvalue weighted by atomic mass is 9.68. The van der Waals surface area contributed by atoms with Crippen molar-refractivity contribution >= 4 is 5.78 Å². The molecule has 0 N–H and O–H groups in total. The second kappa shape index (κ2) is 3.31. The summed E-state index contributed by atoms with van der Waals surface area (Å²) in [4.78, 5) is 15.8. The van der Waals surface area contributed by atoms with Crippen molar-refractivity contribution < 1.29 is 9.53 Å². The normalized spacial score (nSPS) is 26.6. The maximum Gasteiger partial charge on any atom is 0.217 e. The van der Waals surface area contributed by atoms with E-state index in [0.29, 0.717) is 11.4 Å². The number of Topliss-reactive ketones (excluding diaryl/α,β-unsaturated/α-hetero) is 1. The lowest BCUT2D eigenvalue weighted by molar-refractivity contribution is -0.127. The van der Waals surface area contributed by atoms with Crippen molar-refractivity contribution in [2.45, 2.75) is 18.8 Å². The first-order valence-corrected chi connectivity index (χ1v) is 5.35. The molecule has 1 aromatic rings. The second-order valence-electron chi connectivity index (χ2n) is 4.28. The Hall–Kier alpha value is -1.89. The summed E-state index contributed by atoms with van der Waals surface area (Å²) in [5.74, 6) is 0.982. The Morgan fingerprint density at radius 1 is 1.44 bits per heavy atom. The van der Waals surface area contributed by atoms with Crippen LogP contribution in [0.2, 0.25) is 0 Å². The molecule has 0 bridgehead atoms. The smallest absolute Gasteiger partial charge is 0.217 e. The Balaban J connectivity index is 2.09. The van der Waals surface area contributed by atoms with Crippen molar-refractivity contribution in [1.82, 2.24) is 4.98 Å². The van der Waals surface area contributed by atoms with Gasteiger partial charge in [-0.3, -0.25) is 4.79 Å². The van der Waals surface area contributed by atoms with Crippen LogP contribution in [0.1, 0.15) is 29.9 Å². The summed E-state index contributed by atoms with van der Waals surface area (Å²) >= 11 is 0. The molecule has 80 valence electrons. The van der Waals surface area contributed by atoms with Crippen molar-refractivity contribution in [3.8, 4) is 11.9 Å². The highest BCUT2D eigenvalue weighted by Gasteiger charge is 2.41. The van der Waals surface area contributed by atoms with E-state index in [1.807, 2.05) is 0 Å². The molecule has 0 aromatic carbocycles. The van der Waals surface area contributed by atoms with E-state index in [2.05, 4.69) is 11.1 Å². The van der Waals surface area contributed by atoms with Crippen LogP contribution in [0.25, 0.3) is 0 Å². The fourth-order valence-corrected chi connectivity index (χ4v) is 2.42. The molecule has 0 saturated heterocycles. The standard InChI is InChI=1S/C12H10N2O2/c13-4-7-3-10-8-1-2-9(8)11(15)6-16-12(10)14-5-7/h3,5,8-9H,1-2,6H2/t8?,9-/m0/s1. The third kappa shape index (κ3) is 1.21. The predicted octanol–water partition coefficient (Wildman–Crippen LogP) is 1.41. The first kappa shape index (κ1) is 9.34. The number of fused-ring (bicyclic) bond motifs is 3. The first-order chi connectivity index (χ1) is 7.79. The Labute approximate surface area is 92.9 Å². The van der Waals surface area contributed by atoms with Crippen molar-refractivity contribution in [3.05, 3.63) is 23.4 Å². The van der Waals surface area contributed by atoms with Crippen LogP contribution in [0, 0.1) is 17.2 Å². The van der Waals surface area contributed by atoms with Gasteiger partial charge in [0.05, 0.1) is 5.56 Å². The summed E-state index contributed by atoms with van der Waals surface area (Å²) in [6.07, 6.45) is 3.41. The van der Waals surface area contributed by atoms with Gasteiger partial charge in [0.2, 0.25) is 5.88 Å². The van der Waals surface area contributed by atoms with Crippen LogP contribution >= 0.6 is 0 Å². The zero-order valence-corrected chi connectivity index (χ0v) is 8.64. The van der Waals surface area contributed by atoms with Crippen molar-refractivity contribution in [2.75, 3.05) is 6.61 Å². The maximum atomic E-state index is 11.7. The summed E-state index contributed by atoms with van der Waals surface area (Å²) in [6, 6.07) is 3.87. The molecular weight excluding hydrogens is 204 g/mol. The Bertz CT molecular complexity index is 504. The van der Waals surface area contributed by atoms with E-state index in [1.54, 1.807) is 6.07 Å². The zero-order valence-electron chi connectivity index (χ0n) is 8.64. The van der Waals surface area contributed by atoms with Gasteiger partial charge in [-0.1, -0.05) is 0 Å². The van der Waals surface area contributed by atoms with Crippen LogP contribution in [-0.4, -0.2) is 17.4 Å². The van der Waals surface area contributed by atoms with E-state index < -0.39 is 0 Å². The number of carbonyl (C=O) groups is 1. The highest BCUT2D eigenvalue weighted by molar-refractivity contribution is 5.85. The average molecular weight is 214 g/mol. The molecule has 1 aliphatic heterocycles. The number of rotatable bonds is 0. The van der Waals surface area contributed by atoms with Gasteiger partial charge < -0.3 is 4.74 Å². The van der Waals surface area contributed by atoms with Crippen LogP contribution in [0.3, 0.4) is 0 Å². The molecule has 4 nitrogen and oxygen atoms in total. The molecule has 0 radical (unpaired) electrons. The number of ketones is 1. The van der Waals surface area contributed by atoms with E-state index in [9.17, 15) is 4.79 Å². The second-order valence-corrected chi connectivity index (χ2v) is 4.28. The van der Waals surface area contributed by atoms with Crippen LogP contribution in [0.5, 0.6) is 5.88 Å². The number of hydrogen-bond donors (Lipinski definition) is 0. The molecule has 1 unspecified atom stereocenters. The number of nitriles is 1. The average Bonchev–Trinajstić information content (AvgIpc) is 2.33. The molecule has 2 heterocycles. The van der Waals surface area contributed by atoms with Gasteiger partial charge in [-0.25, -0.2) is 4.98 Å². The molecule has 4 heteroatoms. The van der Waals surface area contributed by atoms with Gasteiger partial charge in [-0.15, -0.1) is 0 Å². The molecule has 0 amide bonds. The maximum absolute atomic E-state index is 11.7. The van der Waals surface area contributed by atoms with E-state index in [1.165, 1.54) is 6.20 Å². The fourth-order valence-electron chi connectivity index (χ4n) is 2.42. The summed E-state index contributed by atoms with van der Waals surface area (Å²) in [7, 11) is 0. The number of aromatic nitrogens is 1. The molecular formula is C12H10N2O2. The van der Waals surface area contributed by atoms with Crippen molar-refractivity contribution in [3.63, 3.8) is 0 Å². The van der Waals surface area contributed by atoms with E-state index >= 15 is 0 Å². The zero-order chi connectivity index (χ0) is 11.1. The Morgan fingerprint density at radius 2 is 2.25 bits per heavy atom. The third-order valence-corrected chi connectivity index (χ3v) is 3.45. The molecule has 1 saturated carbocycles. The number of pyridine rings is 1. The summed E-state index contributed by atoms with van der Waals surface area (Å²) in [6.45, 7) is 0.118. The molecule has 16 heavy (non-hydrogen) atoms. The van der Waals surface area contributed by atoms with Gasteiger partial charge in [0.25, 0.3) is 0 Å². The Morgan fingerprint density at radius 3 is 2.94 bits per heavy atom. The van der Waals surface area contributed by atoms with E-state index in [0.717, 1.165) is 18.4 Å². The molecule has 2 atom stereocenters. The highest BCUT2D eigenvalue weighted by Crippen LogP contribution is 2.47. The van der Waals surface area contributed by atoms with Gasteiger partial charge in [-0.05, 0) is 24.8 Å². The van der Waals surface area contributed by atoms with Gasteiger partial charge in [-0.2, -0.15) is 5.26 Å². The van der Waals surface area contributed by atoms with E-state index in [4.69, 9.17) is 10.00 Å². The third-order valence-electron chi connectivity index (χ3n) is 3.45. The SMILES string of the molecule is N#Cc1cnc2c(c1)C1CC[C@@H]1C(=O)CO2. The van der Waals surface area contributed by atoms with Crippen LogP contribution < -0.4 is 4.74 Å². The predicted molar refractivity (Wildman–Crippen MR) is 54.9 cm³/mol. The molecule has 1 aromatic heterocycles. The lowest BCUT2D eigenvalue weighted by Crippen LogP contribution is -2.31. The number of nitrogens with zero attached hydrogens (tertiary/aromatic N) is 2. The van der Waals surface area contributed by atoms with Crippen LogP contribution in [-0.2, 0) is 4.79 Å². The first-order valence-electron chi connectivity index (χ1n) is 5.35. The minimum absolute atomic E-state index is 0.0805. The quantitative estimate of drug-likeness (QED) is 0.655. The van der Waals surface area contributed by atoms with Crippen molar-refractivity contribution in [2.24, 2.45) is 5.92 Å². The molecule has 1 aliphatic carbocycles. The summed E-state index contributed by atoms with van der Waals surface area (Å²) < 4.78 is 5.37. The van der Waals surface area contributed by atoms with Gasteiger partial charge >= 0.3 is 0 Å². The number of ether oxygens (including phenoxy) is 1. The van der Waals surface area contributed by atoms with Crippen LogP contribution in [0.4, 0.5) is 0 Å². The fraction of sp³-hybridized carbons (Fsp3) is 0.417. The van der Waals surface area contributed by atoms with Crippen molar-refractivity contribution in [1.29, 1.82) is 5.26 Å². The number of carbonyl (C=O) groups excluding carboxylic acids is 1. The van der Waals surface area contributed by atoms with E-state index in [-0.39, 0.29) is 24.2 Å². The van der Waals surface area contributed by atoms with Gasteiger partial charge in [0.15, 0.2) is 5.78 Å². The number of hydrogen-bond acceptors (Lipinski definition) is 4.